The Kier molecular flexibility index (Phi) is 3.69. The van der Waals surface area contributed by atoms with Crippen LogP contribution in [0.3, 0.4) is 0 Å². The number of alkyl halides is 2. The number of aryl methyl sites for hydroxylation is 1. The van der Waals surface area contributed by atoms with Gasteiger partial charge in [-0.05, 0) is 18.2 Å². The molecule has 6 nitrogen and oxygen atoms in total. The lowest BCUT2D eigenvalue weighted by atomic mass is 9.77. The predicted octanol–water partition coefficient (Wildman–Crippen LogP) is 3.91. The molecule has 0 aliphatic heterocycles. The summed E-state index contributed by atoms with van der Waals surface area (Å²) in [7, 11) is 1.84. The molecule has 1 aliphatic carbocycles. The number of hydrogen-bond acceptors (Lipinski definition) is 6. The highest BCUT2D eigenvalue weighted by Gasteiger charge is 2.49. The second-order valence-corrected chi connectivity index (χ2v) is 8.37. The van der Waals surface area contributed by atoms with Crippen LogP contribution >= 0.6 is 11.3 Å². The molecule has 0 unspecified atom stereocenters. The molecule has 0 aromatic carbocycles. The van der Waals surface area contributed by atoms with Gasteiger partial charge in [0.1, 0.15) is 4.83 Å². The highest BCUT2D eigenvalue weighted by Crippen LogP contribution is 2.51. The lowest BCUT2D eigenvalue weighted by Crippen LogP contribution is -2.38. The molecule has 9 heteroatoms. The molecule has 0 radical (unpaired) electrons. The van der Waals surface area contributed by atoms with Gasteiger partial charge in [-0.1, -0.05) is 0 Å². The molecule has 1 fully saturated rings. The van der Waals surface area contributed by atoms with Gasteiger partial charge in [-0.3, -0.25) is 4.68 Å². The molecule has 28 heavy (non-hydrogen) atoms. The van der Waals surface area contributed by atoms with Crippen LogP contribution in [0, 0.1) is 5.92 Å². The highest BCUT2D eigenvalue weighted by atomic mass is 32.1. The molecule has 4 aromatic rings. The van der Waals surface area contributed by atoms with Crippen molar-refractivity contribution in [3.05, 3.63) is 35.5 Å². The van der Waals surface area contributed by atoms with E-state index in [-0.39, 0.29) is 12.8 Å². The maximum atomic E-state index is 13.2. The summed E-state index contributed by atoms with van der Waals surface area (Å²) in [4.78, 5) is 10.2. The van der Waals surface area contributed by atoms with E-state index in [1.807, 2.05) is 31.4 Å². The smallest absolute Gasteiger partial charge is 0.248 e. The van der Waals surface area contributed by atoms with Gasteiger partial charge < -0.3 is 10.8 Å². The zero-order valence-electron chi connectivity index (χ0n) is 14.9. The Hall–Kier alpha value is -2.65. The van der Waals surface area contributed by atoms with E-state index in [0.717, 1.165) is 22.0 Å². The Balaban J connectivity index is 1.52. The molecule has 144 valence electrons. The van der Waals surface area contributed by atoms with Crippen molar-refractivity contribution in [3.63, 3.8) is 0 Å². The molecule has 3 N–H and O–H groups in total. The van der Waals surface area contributed by atoms with Crippen LogP contribution in [-0.2, 0) is 7.05 Å². The maximum absolute atomic E-state index is 13.2. The Labute approximate surface area is 162 Å². The van der Waals surface area contributed by atoms with Crippen LogP contribution in [0.2, 0.25) is 0 Å². The van der Waals surface area contributed by atoms with Crippen molar-refractivity contribution in [2.45, 2.75) is 24.9 Å². The summed E-state index contributed by atoms with van der Waals surface area (Å²) in [6.07, 6.45) is 1.99. The first-order chi connectivity index (χ1) is 13.3. The van der Waals surface area contributed by atoms with E-state index in [2.05, 4.69) is 15.1 Å². The van der Waals surface area contributed by atoms with Gasteiger partial charge in [0.15, 0.2) is 5.65 Å². The zero-order chi connectivity index (χ0) is 19.6. The summed E-state index contributed by atoms with van der Waals surface area (Å²) in [6, 6.07) is 5.66. The topological polar surface area (TPSA) is 89.8 Å². The van der Waals surface area contributed by atoms with Gasteiger partial charge in [0, 0.05) is 54.5 Å². The average Bonchev–Trinajstić information content (AvgIpc) is 3.17. The van der Waals surface area contributed by atoms with Crippen LogP contribution in [0.1, 0.15) is 23.8 Å². The summed E-state index contributed by atoms with van der Waals surface area (Å²) in [5.74, 6) is -3.15. The number of halogens is 2. The van der Waals surface area contributed by atoms with E-state index in [1.165, 1.54) is 11.3 Å². The Morgan fingerprint density at radius 1 is 1.36 bits per heavy atom. The van der Waals surface area contributed by atoms with Gasteiger partial charge in [0.25, 0.3) is 0 Å². The highest BCUT2D eigenvalue weighted by molar-refractivity contribution is 7.19. The molecule has 1 saturated carbocycles. The van der Waals surface area contributed by atoms with Gasteiger partial charge in [-0.2, -0.15) is 5.10 Å². The number of thiophene rings is 1. The predicted molar refractivity (Wildman–Crippen MR) is 104 cm³/mol. The Morgan fingerprint density at radius 2 is 2.14 bits per heavy atom. The minimum absolute atomic E-state index is 0.308. The number of aliphatic hydroxyl groups is 1. The van der Waals surface area contributed by atoms with Crippen molar-refractivity contribution in [2.24, 2.45) is 13.0 Å². The Morgan fingerprint density at radius 3 is 2.89 bits per heavy atom. The number of aromatic nitrogens is 4. The molecule has 0 saturated heterocycles. The second-order valence-electron chi connectivity index (χ2n) is 7.34. The number of nitrogen functional groups attached to an aromatic ring is 1. The normalized spacial score (nSPS) is 17.9. The van der Waals surface area contributed by atoms with Crippen molar-refractivity contribution in [2.75, 3.05) is 5.73 Å². The number of pyridine rings is 2. The summed E-state index contributed by atoms with van der Waals surface area (Å²) in [5.41, 5.74) is 8.84. The van der Waals surface area contributed by atoms with Crippen molar-refractivity contribution in [1.29, 1.82) is 0 Å². The molecule has 1 atom stereocenters. The first-order valence-electron chi connectivity index (χ1n) is 8.85. The lowest BCUT2D eigenvalue weighted by Gasteiger charge is -2.37. The lowest BCUT2D eigenvalue weighted by molar-refractivity contribution is -0.141. The maximum Gasteiger partial charge on any atom is 0.248 e. The molecule has 0 spiro atoms. The van der Waals surface area contributed by atoms with E-state index in [9.17, 15) is 13.9 Å². The van der Waals surface area contributed by atoms with E-state index in [0.29, 0.717) is 21.0 Å². The molecule has 0 amide bonds. The second kappa shape index (κ2) is 5.92. The monoisotopic (exact) mass is 401 g/mol. The van der Waals surface area contributed by atoms with Gasteiger partial charge in [-0.15, -0.1) is 11.3 Å². The van der Waals surface area contributed by atoms with Crippen LogP contribution < -0.4 is 5.73 Å². The van der Waals surface area contributed by atoms with Gasteiger partial charge >= 0.3 is 0 Å². The average molecular weight is 401 g/mol. The third-order valence-electron chi connectivity index (χ3n) is 5.23. The third kappa shape index (κ3) is 2.73. The van der Waals surface area contributed by atoms with E-state index in [4.69, 9.17) is 5.73 Å². The van der Waals surface area contributed by atoms with Crippen molar-refractivity contribution < 1.29 is 13.9 Å². The van der Waals surface area contributed by atoms with Crippen LogP contribution in [-0.4, -0.2) is 30.8 Å². The van der Waals surface area contributed by atoms with Crippen molar-refractivity contribution in [1.82, 2.24) is 19.7 Å². The minimum Gasteiger partial charge on any atom is -0.397 e. The number of fused-ring (bicyclic) bond motifs is 2. The molecule has 0 bridgehead atoms. The largest absolute Gasteiger partial charge is 0.397 e. The number of aliphatic hydroxyl groups excluding tert-OH is 1. The number of hydrogen-bond donors (Lipinski definition) is 2. The summed E-state index contributed by atoms with van der Waals surface area (Å²) >= 11 is 1.26. The number of nitrogens with two attached hydrogens (primary N) is 1. The number of nitrogens with zero attached hydrogens (tertiary/aromatic N) is 4. The van der Waals surface area contributed by atoms with Crippen LogP contribution in [0.15, 0.2) is 30.6 Å². The standard InChI is InChI=1S/C19H17F2N5OS/c1-26-8-10-4-9(7-23-17(10)25-26)13-3-2-12-14(22)16(28-18(12)24-13)15(27)11-5-19(20,21)6-11/h2-4,7-8,11,15,27H,5-6,22H2,1H3/t15-/m0/s1. The van der Waals surface area contributed by atoms with Crippen LogP contribution in [0.5, 0.6) is 0 Å². The number of rotatable bonds is 3. The van der Waals surface area contributed by atoms with Crippen LogP contribution in [0.4, 0.5) is 14.5 Å². The first-order valence-corrected chi connectivity index (χ1v) is 9.67. The fraction of sp³-hybridized carbons (Fsp3) is 0.316. The molecule has 1 aliphatic rings. The van der Waals surface area contributed by atoms with E-state index < -0.39 is 17.9 Å². The molecular weight excluding hydrogens is 384 g/mol. The first kappa shape index (κ1) is 17.4. The fourth-order valence-corrected chi connectivity index (χ4v) is 4.89. The van der Waals surface area contributed by atoms with Gasteiger partial charge in [0.05, 0.1) is 22.4 Å². The molecule has 5 rings (SSSR count). The van der Waals surface area contributed by atoms with Crippen LogP contribution in [0.25, 0.3) is 32.5 Å². The van der Waals surface area contributed by atoms with Gasteiger partial charge in [-0.25, -0.2) is 18.7 Å². The van der Waals surface area contributed by atoms with Crippen molar-refractivity contribution in [3.8, 4) is 11.3 Å². The van der Waals surface area contributed by atoms with E-state index >= 15 is 0 Å². The quantitative estimate of drug-likeness (QED) is 0.543. The SMILES string of the molecule is Cn1cc2cc(-c3ccc4c(N)c([C@@H](O)C5CC(F)(F)C5)sc4n3)cnc2n1. The van der Waals surface area contributed by atoms with Gasteiger partial charge in [0.2, 0.25) is 5.92 Å². The molecule has 4 heterocycles. The molecule has 4 aromatic heterocycles. The number of anilines is 1. The summed E-state index contributed by atoms with van der Waals surface area (Å²) in [6.45, 7) is 0. The minimum atomic E-state index is -2.68. The van der Waals surface area contributed by atoms with Crippen molar-refractivity contribution >= 4 is 38.3 Å². The fourth-order valence-electron chi connectivity index (χ4n) is 3.71. The summed E-state index contributed by atoms with van der Waals surface area (Å²) < 4.78 is 28.0. The zero-order valence-corrected chi connectivity index (χ0v) is 15.7. The third-order valence-corrected chi connectivity index (χ3v) is 6.41. The summed E-state index contributed by atoms with van der Waals surface area (Å²) in [5, 5.41) is 16.4. The van der Waals surface area contributed by atoms with E-state index in [1.54, 1.807) is 10.9 Å². The molecular formula is C19H17F2N5OS. The Bertz CT molecular complexity index is 1210.